The first kappa shape index (κ1) is 16.1. The average Bonchev–Trinajstić information content (AvgIpc) is 2.87. The molecule has 2 rings (SSSR count). The molecule has 6 heteroatoms. The molecule has 3 unspecified atom stereocenters. The molecule has 0 radical (unpaired) electrons. The number of carbonyl (C=O) groups excluding carboxylic acids is 1. The van der Waals surface area contributed by atoms with Crippen molar-refractivity contribution in [2.45, 2.75) is 57.5 Å². The summed E-state index contributed by atoms with van der Waals surface area (Å²) in [6, 6.07) is -0.781. The lowest BCUT2D eigenvalue weighted by atomic mass is 9.85. The van der Waals surface area contributed by atoms with E-state index < -0.39 is 12.0 Å². The van der Waals surface area contributed by atoms with Crippen LogP contribution in [-0.2, 0) is 4.79 Å². The fourth-order valence-electron chi connectivity index (χ4n) is 3.77. The van der Waals surface area contributed by atoms with Gasteiger partial charge in [-0.05, 0) is 38.5 Å². The van der Waals surface area contributed by atoms with E-state index in [0.29, 0.717) is 31.8 Å². The predicted octanol–water partition coefficient (Wildman–Crippen LogP) is 1.53. The van der Waals surface area contributed by atoms with Crippen LogP contribution in [0, 0.1) is 5.92 Å². The minimum atomic E-state index is -0.893. The van der Waals surface area contributed by atoms with Crippen LogP contribution in [0.3, 0.4) is 0 Å². The van der Waals surface area contributed by atoms with Crippen LogP contribution in [0.4, 0.5) is 4.79 Å². The van der Waals surface area contributed by atoms with E-state index in [-0.39, 0.29) is 18.7 Å². The minimum absolute atomic E-state index is 0.0399. The van der Waals surface area contributed by atoms with Gasteiger partial charge in [0.15, 0.2) is 0 Å². The summed E-state index contributed by atoms with van der Waals surface area (Å²) in [6.07, 6.45) is 5.26. The summed E-state index contributed by atoms with van der Waals surface area (Å²) >= 11 is 0. The number of aliphatic carboxylic acids is 1. The van der Waals surface area contributed by atoms with Gasteiger partial charge in [-0.1, -0.05) is 12.8 Å². The summed E-state index contributed by atoms with van der Waals surface area (Å²) in [4.78, 5) is 27.6. The summed E-state index contributed by atoms with van der Waals surface area (Å²) < 4.78 is 0. The molecule has 21 heavy (non-hydrogen) atoms. The molecule has 1 aliphatic heterocycles. The van der Waals surface area contributed by atoms with Gasteiger partial charge in [-0.15, -0.1) is 0 Å². The third-order valence-electron chi connectivity index (χ3n) is 4.83. The molecule has 3 atom stereocenters. The first-order valence-electron chi connectivity index (χ1n) is 8.01. The van der Waals surface area contributed by atoms with Crippen molar-refractivity contribution in [1.82, 2.24) is 9.80 Å². The van der Waals surface area contributed by atoms with Crippen molar-refractivity contribution in [3.8, 4) is 0 Å². The molecule has 0 aromatic heterocycles. The Bertz CT molecular complexity index is 388. The summed E-state index contributed by atoms with van der Waals surface area (Å²) in [6.45, 7) is 2.95. The number of rotatable bonds is 5. The fourth-order valence-corrected chi connectivity index (χ4v) is 3.77. The molecule has 2 N–H and O–H groups in total. The monoisotopic (exact) mass is 298 g/mol. The molecular weight excluding hydrogens is 272 g/mol. The molecule has 2 aliphatic rings. The second-order valence-electron chi connectivity index (χ2n) is 6.05. The Morgan fingerprint density at radius 3 is 2.62 bits per heavy atom. The lowest BCUT2D eigenvalue weighted by Gasteiger charge is -2.36. The fraction of sp³-hybridized carbons (Fsp3) is 0.867. The minimum Gasteiger partial charge on any atom is -0.480 e. The van der Waals surface area contributed by atoms with Crippen LogP contribution < -0.4 is 0 Å². The number of aliphatic hydroxyl groups is 1. The summed E-state index contributed by atoms with van der Waals surface area (Å²) in [7, 11) is 0. The van der Waals surface area contributed by atoms with Gasteiger partial charge in [0.2, 0.25) is 0 Å². The van der Waals surface area contributed by atoms with Crippen molar-refractivity contribution >= 4 is 12.0 Å². The van der Waals surface area contributed by atoms with Crippen molar-refractivity contribution in [2.75, 3.05) is 19.7 Å². The number of likely N-dealkylation sites (tertiary alicyclic amines) is 1. The Balaban J connectivity index is 2.15. The zero-order chi connectivity index (χ0) is 15.4. The van der Waals surface area contributed by atoms with E-state index in [1.54, 1.807) is 9.80 Å². The maximum Gasteiger partial charge on any atom is 0.326 e. The van der Waals surface area contributed by atoms with Crippen LogP contribution in [-0.4, -0.2) is 63.8 Å². The summed E-state index contributed by atoms with van der Waals surface area (Å²) in [5.41, 5.74) is 0. The second-order valence-corrected chi connectivity index (χ2v) is 6.05. The van der Waals surface area contributed by atoms with E-state index in [1.165, 1.54) is 0 Å². The van der Waals surface area contributed by atoms with Crippen LogP contribution in [0.5, 0.6) is 0 Å². The Labute approximate surface area is 125 Å². The first-order valence-corrected chi connectivity index (χ1v) is 8.01. The molecule has 120 valence electrons. The number of aliphatic hydroxyl groups excluding tert-OH is 1. The Kier molecular flexibility index (Phi) is 5.45. The zero-order valence-corrected chi connectivity index (χ0v) is 12.7. The number of carboxylic acid groups (broad SMARTS) is 1. The van der Waals surface area contributed by atoms with Crippen LogP contribution in [0.1, 0.15) is 45.4 Å². The Morgan fingerprint density at radius 1 is 1.29 bits per heavy atom. The highest BCUT2D eigenvalue weighted by atomic mass is 16.4. The molecule has 0 bridgehead atoms. The van der Waals surface area contributed by atoms with Gasteiger partial charge in [-0.25, -0.2) is 9.59 Å². The SMILES string of the molecule is CCN(CCCO)C(=O)N1C(C(=O)O)CC2CCCCC21. The van der Waals surface area contributed by atoms with E-state index in [4.69, 9.17) is 5.11 Å². The number of fused-ring (bicyclic) bond motifs is 1. The number of hydrogen-bond donors (Lipinski definition) is 2. The third kappa shape index (κ3) is 3.31. The highest BCUT2D eigenvalue weighted by molar-refractivity contribution is 5.84. The summed E-state index contributed by atoms with van der Waals surface area (Å²) in [5.74, 6) is -0.559. The molecule has 1 aliphatic carbocycles. The molecular formula is C15H26N2O4. The standard InChI is InChI=1S/C15H26N2O4/c1-2-16(8-5-9-18)15(21)17-12-7-4-3-6-11(12)10-13(17)14(19)20/h11-13,18H,2-10H2,1H3,(H,19,20). The molecule has 1 saturated heterocycles. The van der Waals surface area contributed by atoms with Gasteiger partial charge in [0, 0.05) is 25.7 Å². The van der Waals surface area contributed by atoms with Crippen molar-refractivity contribution < 1.29 is 19.8 Å². The quantitative estimate of drug-likeness (QED) is 0.806. The van der Waals surface area contributed by atoms with Crippen molar-refractivity contribution in [1.29, 1.82) is 0 Å². The smallest absolute Gasteiger partial charge is 0.326 e. The predicted molar refractivity (Wildman–Crippen MR) is 78.0 cm³/mol. The molecule has 2 fully saturated rings. The van der Waals surface area contributed by atoms with Crippen molar-refractivity contribution in [2.24, 2.45) is 5.92 Å². The molecule has 0 aromatic rings. The van der Waals surface area contributed by atoms with Crippen LogP contribution in [0.2, 0.25) is 0 Å². The molecule has 0 spiro atoms. The normalized spacial score (nSPS) is 28.3. The van der Waals surface area contributed by atoms with Crippen LogP contribution >= 0.6 is 0 Å². The number of hydrogen-bond acceptors (Lipinski definition) is 3. The average molecular weight is 298 g/mol. The van der Waals surface area contributed by atoms with Crippen molar-refractivity contribution in [3.05, 3.63) is 0 Å². The third-order valence-corrected chi connectivity index (χ3v) is 4.83. The van der Waals surface area contributed by atoms with Gasteiger partial charge in [0.1, 0.15) is 6.04 Å². The highest BCUT2D eigenvalue weighted by Crippen LogP contribution is 2.40. The number of urea groups is 1. The number of nitrogens with zero attached hydrogens (tertiary/aromatic N) is 2. The van der Waals surface area contributed by atoms with E-state index in [0.717, 1.165) is 25.7 Å². The molecule has 1 saturated carbocycles. The van der Waals surface area contributed by atoms with E-state index in [2.05, 4.69) is 0 Å². The Hall–Kier alpha value is -1.30. The van der Waals surface area contributed by atoms with Gasteiger partial charge in [0.25, 0.3) is 0 Å². The zero-order valence-electron chi connectivity index (χ0n) is 12.7. The molecule has 1 heterocycles. The van der Waals surface area contributed by atoms with Gasteiger partial charge >= 0.3 is 12.0 Å². The summed E-state index contributed by atoms with van der Waals surface area (Å²) in [5, 5.41) is 18.4. The van der Waals surface area contributed by atoms with Gasteiger partial charge < -0.3 is 20.0 Å². The second kappa shape index (κ2) is 7.11. The maximum atomic E-state index is 12.8. The number of amides is 2. The van der Waals surface area contributed by atoms with Gasteiger partial charge in [0.05, 0.1) is 0 Å². The molecule has 6 nitrogen and oxygen atoms in total. The largest absolute Gasteiger partial charge is 0.480 e. The van der Waals surface area contributed by atoms with Crippen LogP contribution in [0.25, 0.3) is 0 Å². The number of carboxylic acids is 1. The van der Waals surface area contributed by atoms with Crippen molar-refractivity contribution in [3.63, 3.8) is 0 Å². The number of carbonyl (C=O) groups is 2. The maximum absolute atomic E-state index is 12.8. The molecule has 0 aromatic carbocycles. The highest BCUT2D eigenvalue weighted by Gasteiger charge is 2.48. The lowest BCUT2D eigenvalue weighted by molar-refractivity contribution is -0.141. The Morgan fingerprint density at radius 2 is 2.00 bits per heavy atom. The first-order chi connectivity index (χ1) is 10.1. The molecule has 2 amide bonds. The van der Waals surface area contributed by atoms with E-state index >= 15 is 0 Å². The van der Waals surface area contributed by atoms with Gasteiger partial charge in [-0.3, -0.25) is 0 Å². The van der Waals surface area contributed by atoms with Gasteiger partial charge in [-0.2, -0.15) is 0 Å². The lowest BCUT2D eigenvalue weighted by Crippen LogP contribution is -2.52. The van der Waals surface area contributed by atoms with E-state index in [9.17, 15) is 14.7 Å². The van der Waals surface area contributed by atoms with E-state index in [1.807, 2.05) is 6.92 Å². The van der Waals surface area contributed by atoms with Crippen LogP contribution in [0.15, 0.2) is 0 Å². The topological polar surface area (TPSA) is 81.1 Å².